The van der Waals surface area contributed by atoms with E-state index in [0.717, 1.165) is 23.5 Å². The molecule has 1 aliphatic heterocycles. The van der Waals surface area contributed by atoms with Crippen molar-refractivity contribution in [3.63, 3.8) is 0 Å². The SMILES string of the molecule is C=C1C(Cl)=C[C-]=C(c2ccc(F)cc2Br)N1CC.[Y]. The molecule has 0 spiro atoms. The molecule has 0 saturated carbocycles. The van der Waals surface area contributed by atoms with E-state index in [1.807, 2.05) is 11.8 Å². The second kappa shape index (κ2) is 7.17. The number of allylic oxidation sites excluding steroid dienone is 3. The van der Waals surface area contributed by atoms with E-state index in [1.165, 1.54) is 12.1 Å². The van der Waals surface area contributed by atoms with Crippen molar-refractivity contribution >= 4 is 33.2 Å². The van der Waals surface area contributed by atoms with E-state index in [2.05, 4.69) is 28.6 Å². The van der Waals surface area contributed by atoms with Crippen LogP contribution in [0.25, 0.3) is 5.70 Å². The summed E-state index contributed by atoms with van der Waals surface area (Å²) in [6, 6.07) is 4.57. The topological polar surface area (TPSA) is 3.24 Å². The fourth-order valence-corrected chi connectivity index (χ4v) is 2.51. The van der Waals surface area contributed by atoms with Gasteiger partial charge in [-0.3, -0.25) is 0 Å². The van der Waals surface area contributed by atoms with Crippen molar-refractivity contribution in [1.82, 2.24) is 4.90 Å². The van der Waals surface area contributed by atoms with Crippen LogP contribution in [0.2, 0.25) is 0 Å². The first kappa shape index (κ1) is 17.1. The van der Waals surface area contributed by atoms with Gasteiger partial charge in [-0.2, -0.15) is 23.8 Å². The number of nitrogens with zero attached hydrogens (tertiary/aromatic N) is 1. The summed E-state index contributed by atoms with van der Waals surface area (Å²) in [6.45, 7) is 6.66. The zero-order valence-electron chi connectivity index (χ0n) is 10.4. The van der Waals surface area contributed by atoms with Gasteiger partial charge < -0.3 is 4.90 Å². The van der Waals surface area contributed by atoms with Gasteiger partial charge in [-0.15, -0.1) is 6.07 Å². The molecule has 5 heteroatoms. The fourth-order valence-electron chi connectivity index (χ4n) is 1.81. The molecule has 1 nitrogen and oxygen atoms in total. The summed E-state index contributed by atoms with van der Waals surface area (Å²) < 4.78 is 13.8. The Balaban J connectivity index is 0.00000180. The van der Waals surface area contributed by atoms with Crippen LogP contribution in [0.3, 0.4) is 0 Å². The van der Waals surface area contributed by atoms with Gasteiger partial charge in [0.2, 0.25) is 0 Å². The summed E-state index contributed by atoms with van der Waals surface area (Å²) in [4.78, 5) is 1.94. The molecule has 0 bridgehead atoms. The molecular formula is C14H11BrClFNY-. The molecular weight excluding hydrogens is 405 g/mol. The van der Waals surface area contributed by atoms with Gasteiger partial charge in [0.1, 0.15) is 5.82 Å². The maximum absolute atomic E-state index is 13.1. The Morgan fingerprint density at radius 3 is 2.74 bits per heavy atom. The Kier molecular flexibility index (Phi) is 6.45. The molecule has 0 aliphatic carbocycles. The van der Waals surface area contributed by atoms with Crippen LogP contribution >= 0.6 is 27.5 Å². The number of benzene rings is 1. The predicted octanol–water partition coefficient (Wildman–Crippen LogP) is 4.70. The number of hydrogen-bond acceptors (Lipinski definition) is 1. The third-order valence-electron chi connectivity index (χ3n) is 2.71. The van der Waals surface area contributed by atoms with Gasteiger partial charge in [-0.1, -0.05) is 33.8 Å². The van der Waals surface area contributed by atoms with E-state index in [9.17, 15) is 4.39 Å². The number of rotatable bonds is 2. The molecule has 0 fully saturated rings. The number of halogens is 3. The smallest absolute Gasteiger partial charge is 0.122 e. The molecule has 0 atom stereocenters. The van der Waals surface area contributed by atoms with Crippen molar-refractivity contribution in [2.45, 2.75) is 6.92 Å². The van der Waals surface area contributed by atoms with Gasteiger partial charge in [0, 0.05) is 39.3 Å². The first-order valence-corrected chi connectivity index (χ1v) is 6.63. The van der Waals surface area contributed by atoms with Crippen molar-refractivity contribution in [2.24, 2.45) is 0 Å². The quantitative estimate of drug-likeness (QED) is 0.632. The molecule has 1 aliphatic rings. The molecule has 0 saturated heterocycles. The third-order valence-corrected chi connectivity index (χ3v) is 3.69. The molecule has 0 aromatic heterocycles. The second-order valence-electron chi connectivity index (χ2n) is 3.80. The van der Waals surface area contributed by atoms with Crippen LogP contribution < -0.4 is 0 Å². The monoisotopic (exact) mass is 415 g/mol. The summed E-state index contributed by atoms with van der Waals surface area (Å²) in [5.74, 6) is -0.280. The van der Waals surface area contributed by atoms with Gasteiger partial charge in [-0.05, 0) is 34.3 Å². The van der Waals surface area contributed by atoms with Gasteiger partial charge in [0.05, 0.1) is 0 Å². The number of likely N-dealkylation sites (N-methyl/N-ethyl adjacent to an activating group) is 1. The maximum Gasteiger partial charge on any atom is 0.122 e. The van der Waals surface area contributed by atoms with E-state index in [4.69, 9.17) is 11.6 Å². The van der Waals surface area contributed by atoms with E-state index in [0.29, 0.717) is 9.51 Å². The van der Waals surface area contributed by atoms with E-state index < -0.39 is 0 Å². The molecule has 97 valence electrons. The molecule has 1 radical (unpaired) electrons. The van der Waals surface area contributed by atoms with E-state index in [-0.39, 0.29) is 38.5 Å². The Hall–Kier alpha value is 0.0439. The summed E-state index contributed by atoms with van der Waals surface area (Å²) in [5.41, 5.74) is 2.42. The Morgan fingerprint density at radius 1 is 1.47 bits per heavy atom. The van der Waals surface area contributed by atoms with Crippen molar-refractivity contribution in [3.05, 3.63) is 63.5 Å². The molecule has 1 aromatic carbocycles. The summed E-state index contributed by atoms with van der Waals surface area (Å²) >= 11 is 9.39. The minimum atomic E-state index is -0.280. The third kappa shape index (κ3) is 3.58. The van der Waals surface area contributed by atoms with Gasteiger partial charge in [0.15, 0.2) is 0 Å². The molecule has 0 N–H and O–H groups in total. The Bertz CT molecular complexity index is 569. The van der Waals surface area contributed by atoms with Crippen molar-refractivity contribution < 1.29 is 37.1 Å². The summed E-state index contributed by atoms with van der Waals surface area (Å²) in [5, 5.41) is 0.568. The molecule has 0 amide bonds. The summed E-state index contributed by atoms with van der Waals surface area (Å²) in [7, 11) is 0. The molecule has 1 heterocycles. The largest absolute Gasteiger partial charge is 0.374 e. The van der Waals surface area contributed by atoms with Crippen LogP contribution in [0, 0.1) is 11.9 Å². The molecule has 19 heavy (non-hydrogen) atoms. The van der Waals surface area contributed by atoms with Gasteiger partial charge >= 0.3 is 0 Å². The zero-order chi connectivity index (χ0) is 13.3. The van der Waals surface area contributed by atoms with E-state index in [1.54, 1.807) is 12.1 Å². The number of hydrogen-bond donors (Lipinski definition) is 0. The molecule has 0 unspecified atom stereocenters. The molecule has 1 aromatic rings. The minimum absolute atomic E-state index is 0. The predicted molar refractivity (Wildman–Crippen MR) is 76.2 cm³/mol. The average Bonchev–Trinajstić information content (AvgIpc) is 2.33. The van der Waals surface area contributed by atoms with Crippen molar-refractivity contribution in [3.8, 4) is 0 Å². The first-order chi connectivity index (χ1) is 8.54. The van der Waals surface area contributed by atoms with Crippen LogP contribution in [0.1, 0.15) is 12.5 Å². The molecule has 2 rings (SSSR count). The normalized spacial score (nSPS) is 14.7. The minimum Gasteiger partial charge on any atom is -0.374 e. The van der Waals surface area contributed by atoms with Crippen LogP contribution in [0.5, 0.6) is 0 Å². The Morgan fingerprint density at radius 2 is 2.16 bits per heavy atom. The van der Waals surface area contributed by atoms with Crippen molar-refractivity contribution in [2.75, 3.05) is 6.54 Å². The first-order valence-electron chi connectivity index (χ1n) is 5.46. The van der Waals surface area contributed by atoms with Crippen LogP contribution in [0.15, 0.2) is 46.1 Å². The zero-order valence-corrected chi connectivity index (χ0v) is 15.6. The summed E-state index contributed by atoms with van der Waals surface area (Å²) in [6.07, 6.45) is 4.79. The Labute approximate surface area is 151 Å². The van der Waals surface area contributed by atoms with E-state index >= 15 is 0 Å². The van der Waals surface area contributed by atoms with Crippen molar-refractivity contribution in [1.29, 1.82) is 0 Å². The standard InChI is InChI=1S/C14H11BrClFN.Y/c1-3-18-9(2)13(16)6-7-14(18)11-5-4-10(17)8-12(11)15;/h4-6,8H,2-3H2,1H3;/q-1;. The average molecular weight is 417 g/mol. The van der Waals surface area contributed by atoms with Gasteiger partial charge in [-0.25, -0.2) is 4.39 Å². The van der Waals surface area contributed by atoms with Crippen LogP contribution in [-0.2, 0) is 32.7 Å². The maximum atomic E-state index is 13.1. The van der Waals surface area contributed by atoms with Crippen LogP contribution in [0.4, 0.5) is 4.39 Å². The van der Waals surface area contributed by atoms with Gasteiger partial charge in [0.25, 0.3) is 0 Å². The fraction of sp³-hybridized carbons (Fsp3) is 0.143. The second-order valence-corrected chi connectivity index (χ2v) is 5.06. The van der Waals surface area contributed by atoms with Crippen LogP contribution in [-0.4, -0.2) is 11.4 Å².